The average molecular weight is 238 g/mol. The minimum atomic E-state index is 0.821. The Morgan fingerprint density at radius 1 is 1.12 bits per heavy atom. The van der Waals surface area contributed by atoms with Gasteiger partial charge in [0.05, 0.1) is 0 Å². The molecule has 2 fully saturated rings. The van der Waals surface area contributed by atoms with Crippen LogP contribution >= 0.6 is 0 Å². The highest BCUT2D eigenvalue weighted by atomic mass is 15.2. The Balaban J connectivity index is 1.63. The number of piperidine rings is 2. The third-order valence-corrected chi connectivity index (χ3v) is 4.66. The molecule has 2 rings (SSSR count). The van der Waals surface area contributed by atoms with Crippen LogP contribution in [0.2, 0.25) is 0 Å². The van der Waals surface area contributed by atoms with Crippen LogP contribution in [0.25, 0.3) is 0 Å². The SMILES string of the molecule is CC1CCC(C)N(CCCC2CCCCN2)C1. The molecule has 0 radical (unpaired) electrons. The summed E-state index contributed by atoms with van der Waals surface area (Å²) in [5.41, 5.74) is 0. The van der Waals surface area contributed by atoms with E-state index in [0.717, 1.165) is 18.0 Å². The molecule has 0 bridgehead atoms. The summed E-state index contributed by atoms with van der Waals surface area (Å²) in [6.07, 6.45) is 9.84. The van der Waals surface area contributed by atoms with Gasteiger partial charge in [0.1, 0.15) is 0 Å². The van der Waals surface area contributed by atoms with Crippen LogP contribution in [0.4, 0.5) is 0 Å². The Kier molecular flexibility index (Phi) is 5.30. The Morgan fingerprint density at radius 3 is 2.76 bits per heavy atom. The first-order chi connectivity index (χ1) is 8.25. The van der Waals surface area contributed by atoms with Crippen LogP contribution in [-0.2, 0) is 0 Å². The third kappa shape index (κ3) is 4.26. The number of nitrogens with one attached hydrogen (secondary N) is 1. The zero-order valence-electron chi connectivity index (χ0n) is 11.8. The molecular weight excluding hydrogens is 208 g/mol. The van der Waals surface area contributed by atoms with Gasteiger partial charge in [0, 0.05) is 18.6 Å². The predicted octanol–water partition coefficient (Wildman–Crippen LogP) is 3.03. The van der Waals surface area contributed by atoms with Gasteiger partial charge in [0.25, 0.3) is 0 Å². The minimum absolute atomic E-state index is 0.821. The Labute approximate surface area is 107 Å². The van der Waals surface area contributed by atoms with E-state index in [-0.39, 0.29) is 0 Å². The van der Waals surface area contributed by atoms with Gasteiger partial charge in [0.15, 0.2) is 0 Å². The van der Waals surface area contributed by atoms with E-state index in [2.05, 4.69) is 24.1 Å². The van der Waals surface area contributed by atoms with Crippen molar-refractivity contribution in [2.75, 3.05) is 19.6 Å². The lowest BCUT2D eigenvalue weighted by atomic mass is 9.94. The summed E-state index contributed by atoms with van der Waals surface area (Å²) in [6, 6.07) is 1.65. The summed E-state index contributed by atoms with van der Waals surface area (Å²) in [4.78, 5) is 2.72. The van der Waals surface area contributed by atoms with Crippen LogP contribution in [0, 0.1) is 5.92 Å². The number of rotatable bonds is 4. The quantitative estimate of drug-likeness (QED) is 0.810. The molecule has 0 aromatic heterocycles. The first-order valence-corrected chi connectivity index (χ1v) is 7.73. The number of nitrogens with zero attached hydrogens (tertiary/aromatic N) is 1. The van der Waals surface area contributed by atoms with Gasteiger partial charge in [-0.2, -0.15) is 0 Å². The van der Waals surface area contributed by atoms with Crippen LogP contribution in [0.1, 0.15) is 58.8 Å². The fourth-order valence-corrected chi connectivity index (χ4v) is 3.40. The number of hydrogen-bond donors (Lipinski definition) is 1. The Hall–Kier alpha value is -0.0800. The molecule has 2 nitrogen and oxygen atoms in total. The topological polar surface area (TPSA) is 15.3 Å². The fraction of sp³-hybridized carbons (Fsp3) is 1.00. The summed E-state index contributed by atoms with van der Waals surface area (Å²) >= 11 is 0. The van der Waals surface area contributed by atoms with Gasteiger partial charge >= 0.3 is 0 Å². The molecule has 2 aliphatic rings. The van der Waals surface area contributed by atoms with Gasteiger partial charge in [-0.25, -0.2) is 0 Å². The number of likely N-dealkylation sites (tertiary alicyclic amines) is 1. The zero-order chi connectivity index (χ0) is 12.1. The van der Waals surface area contributed by atoms with Crippen molar-refractivity contribution in [2.45, 2.75) is 70.9 Å². The Morgan fingerprint density at radius 2 is 2.00 bits per heavy atom. The summed E-state index contributed by atoms with van der Waals surface area (Å²) in [5, 5.41) is 3.66. The summed E-state index contributed by atoms with van der Waals surface area (Å²) < 4.78 is 0. The van der Waals surface area contributed by atoms with Crippen LogP contribution < -0.4 is 5.32 Å². The van der Waals surface area contributed by atoms with Gasteiger partial charge in [-0.15, -0.1) is 0 Å². The van der Waals surface area contributed by atoms with E-state index in [1.807, 2.05) is 0 Å². The highest BCUT2D eigenvalue weighted by molar-refractivity contribution is 4.78. The van der Waals surface area contributed by atoms with Crippen molar-refractivity contribution >= 4 is 0 Å². The van der Waals surface area contributed by atoms with Crippen molar-refractivity contribution < 1.29 is 0 Å². The number of hydrogen-bond acceptors (Lipinski definition) is 2. The molecule has 3 atom stereocenters. The van der Waals surface area contributed by atoms with Crippen molar-refractivity contribution in [1.29, 1.82) is 0 Å². The molecule has 1 N–H and O–H groups in total. The second-order valence-electron chi connectivity index (χ2n) is 6.32. The van der Waals surface area contributed by atoms with Gasteiger partial charge in [-0.1, -0.05) is 13.3 Å². The van der Waals surface area contributed by atoms with E-state index in [9.17, 15) is 0 Å². The largest absolute Gasteiger partial charge is 0.314 e. The molecule has 2 heterocycles. The smallest absolute Gasteiger partial charge is 0.00675 e. The van der Waals surface area contributed by atoms with Crippen molar-refractivity contribution in [3.63, 3.8) is 0 Å². The van der Waals surface area contributed by atoms with E-state index >= 15 is 0 Å². The van der Waals surface area contributed by atoms with Gasteiger partial charge in [0.2, 0.25) is 0 Å². The maximum Gasteiger partial charge on any atom is 0.00675 e. The molecule has 17 heavy (non-hydrogen) atoms. The van der Waals surface area contributed by atoms with E-state index in [1.54, 1.807) is 0 Å². The molecule has 0 amide bonds. The minimum Gasteiger partial charge on any atom is -0.314 e. The van der Waals surface area contributed by atoms with Crippen LogP contribution in [0.15, 0.2) is 0 Å². The second-order valence-corrected chi connectivity index (χ2v) is 6.32. The van der Waals surface area contributed by atoms with Gasteiger partial charge in [-0.3, -0.25) is 0 Å². The lowest BCUT2D eigenvalue weighted by Gasteiger charge is -2.37. The third-order valence-electron chi connectivity index (χ3n) is 4.66. The fourth-order valence-electron chi connectivity index (χ4n) is 3.40. The van der Waals surface area contributed by atoms with Crippen molar-refractivity contribution in [3.8, 4) is 0 Å². The molecule has 0 aliphatic carbocycles. The van der Waals surface area contributed by atoms with E-state index in [0.29, 0.717) is 0 Å². The molecule has 2 saturated heterocycles. The second kappa shape index (κ2) is 6.75. The van der Waals surface area contributed by atoms with Crippen molar-refractivity contribution in [3.05, 3.63) is 0 Å². The molecule has 0 saturated carbocycles. The molecule has 2 heteroatoms. The van der Waals surface area contributed by atoms with E-state index < -0.39 is 0 Å². The van der Waals surface area contributed by atoms with Crippen LogP contribution in [-0.4, -0.2) is 36.6 Å². The highest BCUT2D eigenvalue weighted by Crippen LogP contribution is 2.22. The molecule has 0 aromatic rings. The molecule has 3 unspecified atom stereocenters. The summed E-state index contributed by atoms with van der Waals surface area (Å²) in [7, 11) is 0. The monoisotopic (exact) mass is 238 g/mol. The Bertz CT molecular complexity index is 211. The lowest BCUT2D eigenvalue weighted by Crippen LogP contribution is -2.42. The normalized spacial score (nSPS) is 36.0. The predicted molar refractivity (Wildman–Crippen MR) is 74.3 cm³/mol. The first-order valence-electron chi connectivity index (χ1n) is 7.73. The van der Waals surface area contributed by atoms with Crippen LogP contribution in [0.3, 0.4) is 0 Å². The zero-order valence-corrected chi connectivity index (χ0v) is 11.8. The first kappa shape index (κ1) is 13.4. The van der Waals surface area contributed by atoms with Crippen molar-refractivity contribution in [2.24, 2.45) is 5.92 Å². The van der Waals surface area contributed by atoms with Crippen molar-refractivity contribution in [1.82, 2.24) is 10.2 Å². The van der Waals surface area contributed by atoms with E-state index in [4.69, 9.17) is 0 Å². The standard InChI is InChI=1S/C15H30N2/c1-13-8-9-14(2)17(12-13)11-5-7-15-6-3-4-10-16-15/h13-16H,3-12H2,1-2H3. The average Bonchev–Trinajstić information content (AvgIpc) is 2.35. The van der Waals surface area contributed by atoms with Gasteiger partial charge in [-0.05, 0) is 64.5 Å². The molecule has 2 aliphatic heterocycles. The summed E-state index contributed by atoms with van der Waals surface area (Å²) in [5.74, 6) is 0.916. The van der Waals surface area contributed by atoms with Crippen LogP contribution in [0.5, 0.6) is 0 Å². The molecule has 100 valence electrons. The molecular formula is C15H30N2. The summed E-state index contributed by atoms with van der Waals surface area (Å²) in [6.45, 7) is 8.72. The maximum absolute atomic E-state index is 3.66. The highest BCUT2D eigenvalue weighted by Gasteiger charge is 2.22. The molecule has 0 spiro atoms. The molecule has 0 aromatic carbocycles. The lowest BCUT2D eigenvalue weighted by molar-refractivity contribution is 0.121. The van der Waals surface area contributed by atoms with E-state index in [1.165, 1.54) is 64.6 Å². The van der Waals surface area contributed by atoms with Gasteiger partial charge < -0.3 is 10.2 Å². The maximum atomic E-state index is 3.66.